The van der Waals surface area contributed by atoms with Gasteiger partial charge >= 0.3 is 18.2 Å². The first kappa shape index (κ1) is 28.8. The summed E-state index contributed by atoms with van der Waals surface area (Å²) in [5.74, 6) is -4.39. The number of amides is 2. The quantitative estimate of drug-likeness (QED) is 0.341. The van der Waals surface area contributed by atoms with Gasteiger partial charge in [-0.1, -0.05) is 6.07 Å². The number of alkyl halides is 3. The number of carbonyl (C=O) groups excluding carboxylic acids is 1. The van der Waals surface area contributed by atoms with Crippen LogP contribution in [0.15, 0.2) is 36.5 Å². The molecule has 4 N–H and O–H groups in total. The number of ether oxygens (including phenoxy) is 1. The Labute approximate surface area is 205 Å². The van der Waals surface area contributed by atoms with Crippen molar-refractivity contribution >= 4 is 23.6 Å². The van der Waals surface area contributed by atoms with Crippen LogP contribution in [0.25, 0.3) is 5.65 Å². The summed E-state index contributed by atoms with van der Waals surface area (Å²) < 4.78 is 66.5. The summed E-state index contributed by atoms with van der Waals surface area (Å²) in [6, 6.07) is 6.27. The molecule has 200 valence electrons. The van der Waals surface area contributed by atoms with Crippen molar-refractivity contribution in [2.45, 2.75) is 32.7 Å². The maximum atomic E-state index is 13.8. The number of hydrogen-bond acceptors (Lipinski definition) is 5. The molecule has 0 aliphatic carbocycles. The highest BCUT2D eigenvalue weighted by molar-refractivity contribution is 5.95. The van der Waals surface area contributed by atoms with E-state index < -0.39 is 41.8 Å². The second-order valence-electron chi connectivity index (χ2n) is 7.46. The summed E-state index contributed by atoms with van der Waals surface area (Å²) in [6.45, 7) is 3.00. The molecule has 3 aromatic rings. The number of carboxylic acid groups (broad SMARTS) is 2. The zero-order chi connectivity index (χ0) is 27.9. The van der Waals surface area contributed by atoms with Crippen molar-refractivity contribution in [1.82, 2.24) is 20.0 Å². The average molecular weight is 532 g/mol. The number of fused-ring (bicyclic) bond motifs is 1. The lowest BCUT2D eigenvalue weighted by atomic mass is 10.2. The Balaban J connectivity index is 0.000000604. The Morgan fingerprint density at radius 3 is 2.24 bits per heavy atom. The van der Waals surface area contributed by atoms with Crippen LogP contribution in [0.3, 0.4) is 0 Å². The van der Waals surface area contributed by atoms with Crippen molar-refractivity contribution < 1.29 is 51.3 Å². The number of rotatable bonds is 7. The van der Waals surface area contributed by atoms with Crippen molar-refractivity contribution in [3.63, 3.8) is 0 Å². The number of carboxylic acids is 1. The van der Waals surface area contributed by atoms with E-state index >= 15 is 0 Å². The van der Waals surface area contributed by atoms with Crippen LogP contribution in [0.5, 0.6) is 5.75 Å². The molecule has 1 atom stereocenters. The van der Waals surface area contributed by atoms with Crippen molar-refractivity contribution in [3.8, 4) is 5.75 Å². The Hall–Kier alpha value is -4.43. The van der Waals surface area contributed by atoms with Crippen molar-refractivity contribution in [3.05, 3.63) is 65.1 Å². The first-order valence-electron chi connectivity index (χ1n) is 10.3. The van der Waals surface area contributed by atoms with Gasteiger partial charge in [0.1, 0.15) is 23.9 Å². The Bertz CT molecular complexity index is 1270. The highest BCUT2D eigenvalue weighted by Gasteiger charge is 2.38. The molecule has 0 spiro atoms. The van der Waals surface area contributed by atoms with Gasteiger partial charge in [-0.3, -0.25) is 9.20 Å². The van der Waals surface area contributed by atoms with E-state index in [0.29, 0.717) is 11.3 Å². The van der Waals surface area contributed by atoms with E-state index in [1.807, 2.05) is 0 Å². The number of hydrogen-bond donors (Lipinski definition) is 4. The lowest BCUT2D eigenvalue weighted by Gasteiger charge is -2.13. The standard InChI is InChI=1S/C20H20F2N4O4.C2HF3O2/c1-11(24-20(28)29)9-23-19(27)17-12(2)25-18-16(7-4-8-26(17)18)30-10-13-14(21)5-3-6-15(13)22;3-2(4,5)1(6)7/h3-8,11,24H,9-10H2,1-2H3,(H,23,27)(H,28,29);(H,6,7). The van der Waals surface area contributed by atoms with E-state index in [-0.39, 0.29) is 30.2 Å². The van der Waals surface area contributed by atoms with Gasteiger partial charge in [0.25, 0.3) is 5.91 Å². The minimum atomic E-state index is -5.08. The zero-order valence-corrected chi connectivity index (χ0v) is 19.3. The predicted molar refractivity (Wildman–Crippen MR) is 117 cm³/mol. The van der Waals surface area contributed by atoms with Crippen LogP contribution >= 0.6 is 0 Å². The molecule has 0 fully saturated rings. The van der Waals surface area contributed by atoms with Crippen LogP contribution in [0.4, 0.5) is 26.7 Å². The summed E-state index contributed by atoms with van der Waals surface area (Å²) in [5, 5.41) is 20.7. The summed E-state index contributed by atoms with van der Waals surface area (Å²) >= 11 is 0. The van der Waals surface area contributed by atoms with Crippen LogP contribution < -0.4 is 15.4 Å². The summed E-state index contributed by atoms with van der Waals surface area (Å²) in [7, 11) is 0. The predicted octanol–water partition coefficient (Wildman–Crippen LogP) is 3.52. The number of aryl methyl sites for hydroxylation is 1. The van der Waals surface area contributed by atoms with Gasteiger partial charge in [-0.25, -0.2) is 23.4 Å². The number of benzene rings is 1. The lowest BCUT2D eigenvalue weighted by molar-refractivity contribution is -0.192. The van der Waals surface area contributed by atoms with Gasteiger partial charge < -0.3 is 25.6 Å². The fourth-order valence-corrected chi connectivity index (χ4v) is 2.95. The highest BCUT2D eigenvalue weighted by atomic mass is 19.4. The van der Waals surface area contributed by atoms with Gasteiger partial charge in [-0.2, -0.15) is 13.2 Å². The second kappa shape index (κ2) is 12.0. The number of nitrogens with zero attached hydrogens (tertiary/aromatic N) is 2. The minimum Gasteiger partial charge on any atom is -0.485 e. The third-order valence-corrected chi connectivity index (χ3v) is 4.62. The van der Waals surface area contributed by atoms with Gasteiger partial charge in [0.05, 0.1) is 11.3 Å². The maximum Gasteiger partial charge on any atom is 0.490 e. The van der Waals surface area contributed by atoms with Crippen LogP contribution in [-0.4, -0.2) is 56.3 Å². The van der Waals surface area contributed by atoms with Crippen molar-refractivity contribution in [1.29, 1.82) is 0 Å². The molecule has 0 saturated carbocycles. The summed E-state index contributed by atoms with van der Waals surface area (Å²) in [4.78, 5) is 36.5. The monoisotopic (exact) mass is 532 g/mol. The number of pyridine rings is 1. The average Bonchev–Trinajstić information content (AvgIpc) is 3.13. The molecule has 0 saturated heterocycles. The van der Waals surface area contributed by atoms with Crippen LogP contribution in [0.1, 0.15) is 28.7 Å². The Kier molecular flexibility index (Phi) is 9.35. The number of aliphatic carboxylic acids is 1. The van der Waals surface area contributed by atoms with E-state index in [1.54, 1.807) is 32.2 Å². The van der Waals surface area contributed by atoms with Gasteiger partial charge in [-0.15, -0.1) is 0 Å². The van der Waals surface area contributed by atoms with Crippen molar-refractivity contribution in [2.75, 3.05) is 6.54 Å². The van der Waals surface area contributed by atoms with Gasteiger partial charge in [0.2, 0.25) is 0 Å². The molecule has 2 aromatic heterocycles. The summed E-state index contributed by atoms with van der Waals surface area (Å²) in [5.41, 5.74) is 0.767. The number of carbonyl (C=O) groups is 3. The van der Waals surface area contributed by atoms with E-state index in [9.17, 15) is 31.5 Å². The first-order chi connectivity index (χ1) is 17.2. The molecular weight excluding hydrogens is 511 g/mol. The largest absolute Gasteiger partial charge is 0.490 e. The van der Waals surface area contributed by atoms with E-state index in [0.717, 1.165) is 12.1 Å². The Morgan fingerprint density at radius 2 is 1.70 bits per heavy atom. The highest BCUT2D eigenvalue weighted by Crippen LogP contribution is 2.24. The van der Waals surface area contributed by atoms with Gasteiger partial charge in [0.15, 0.2) is 11.4 Å². The molecule has 37 heavy (non-hydrogen) atoms. The molecule has 3 rings (SSSR count). The molecule has 1 aromatic carbocycles. The smallest absolute Gasteiger partial charge is 0.485 e. The molecular formula is C22H21F5N4O6. The van der Waals surface area contributed by atoms with E-state index in [4.69, 9.17) is 19.7 Å². The molecule has 0 aliphatic heterocycles. The van der Waals surface area contributed by atoms with E-state index in [1.165, 1.54) is 10.5 Å². The summed E-state index contributed by atoms with van der Waals surface area (Å²) in [6.07, 6.45) is -4.66. The van der Waals surface area contributed by atoms with Gasteiger partial charge in [0, 0.05) is 18.8 Å². The number of halogens is 5. The molecule has 0 bridgehead atoms. The fourth-order valence-electron chi connectivity index (χ4n) is 2.95. The van der Waals surface area contributed by atoms with Crippen LogP contribution in [0, 0.1) is 18.6 Å². The number of nitrogens with one attached hydrogen (secondary N) is 2. The molecule has 1 unspecified atom stereocenters. The third-order valence-electron chi connectivity index (χ3n) is 4.62. The minimum absolute atomic E-state index is 0.0839. The molecule has 2 heterocycles. The number of aromatic nitrogens is 2. The van der Waals surface area contributed by atoms with Crippen LogP contribution in [-0.2, 0) is 11.4 Å². The second-order valence-corrected chi connectivity index (χ2v) is 7.46. The lowest BCUT2D eigenvalue weighted by Crippen LogP contribution is -2.41. The van der Waals surface area contributed by atoms with Gasteiger partial charge in [-0.05, 0) is 38.1 Å². The molecule has 2 amide bonds. The molecule has 15 heteroatoms. The fraction of sp³-hybridized carbons (Fsp3) is 0.273. The molecule has 0 aliphatic rings. The van der Waals surface area contributed by atoms with Crippen LogP contribution in [0.2, 0.25) is 0 Å². The molecule has 10 nitrogen and oxygen atoms in total. The Morgan fingerprint density at radius 1 is 1.11 bits per heavy atom. The SMILES string of the molecule is Cc1nc2c(OCc3c(F)cccc3F)cccn2c1C(=O)NCC(C)NC(=O)O.O=C(O)C(F)(F)F. The first-order valence-corrected chi connectivity index (χ1v) is 10.3. The normalized spacial score (nSPS) is 11.8. The molecule has 0 radical (unpaired) electrons. The van der Waals surface area contributed by atoms with Crippen molar-refractivity contribution in [2.24, 2.45) is 0 Å². The maximum absolute atomic E-state index is 13.8. The zero-order valence-electron chi connectivity index (χ0n) is 19.3. The topological polar surface area (TPSA) is 142 Å². The third kappa shape index (κ3) is 7.78. The van der Waals surface area contributed by atoms with E-state index in [2.05, 4.69) is 15.6 Å². The number of imidazole rings is 1.